The van der Waals surface area contributed by atoms with Crippen molar-refractivity contribution in [3.05, 3.63) is 71.9 Å². The first-order chi connectivity index (χ1) is 20.5. The van der Waals surface area contributed by atoms with Crippen LogP contribution in [0.15, 0.2) is 60.8 Å². The van der Waals surface area contributed by atoms with E-state index in [2.05, 4.69) is 31.8 Å². The Hall–Kier alpha value is -4.16. The minimum Gasteiger partial charge on any atom is -0.480 e. The number of benzene rings is 2. The monoisotopic (exact) mass is 597 g/mol. The fourth-order valence-corrected chi connectivity index (χ4v) is 5.61. The number of carboxylic acids is 1. The van der Waals surface area contributed by atoms with E-state index in [-0.39, 0.29) is 18.2 Å². The number of halogens is 3. The molecule has 5 rings (SSSR count). The summed E-state index contributed by atoms with van der Waals surface area (Å²) < 4.78 is 41.9. The summed E-state index contributed by atoms with van der Waals surface area (Å²) in [4.78, 5) is 34.9. The molecule has 3 aromatic rings. The van der Waals surface area contributed by atoms with Crippen LogP contribution >= 0.6 is 0 Å². The molecule has 3 heterocycles. The third-order valence-corrected chi connectivity index (χ3v) is 7.92. The lowest BCUT2D eigenvalue weighted by molar-refractivity contribution is -0.274. The molecule has 1 amide bonds. The molecule has 0 saturated carbocycles. The van der Waals surface area contributed by atoms with Gasteiger partial charge in [-0.25, -0.2) is 4.98 Å². The van der Waals surface area contributed by atoms with Gasteiger partial charge in [-0.3, -0.25) is 19.4 Å². The number of carbonyl (C=O) groups is 2. The summed E-state index contributed by atoms with van der Waals surface area (Å²) in [5.41, 5.74) is 3.79. The van der Waals surface area contributed by atoms with Gasteiger partial charge in [-0.15, -0.1) is 13.2 Å². The van der Waals surface area contributed by atoms with E-state index in [1.165, 1.54) is 12.1 Å². The maximum absolute atomic E-state index is 13.1. The number of ether oxygens (including phenoxy) is 1. The summed E-state index contributed by atoms with van der Waals surface area (Å²) in [5.74, 6) is -1.06. The Morgan fingerprint density at radius 3 is 2.33 bits per heavy atom. The number of alkyl halides is 3. The molecule has 9 nitrogen and oxygen atoms in total. The lowest BCUT2D eigenvalue weighted by Crippen LogP contribution is -2.47. The predicted molar refractivity (Wildman–Crippen MR) is 156 cm³/mol. The average Bonchev–Trinajstić information content (AvgIpc) is 3.37. The average molecular weight is 598 g/mol. The van der Waals surface area contributed by atoms with Crippen LogP contribution in [0.1, 0.15) is 35.7 Å². The van der Waals surface area contributed by atoms with Gasteiger partial charge >= 0.3 is 12.3 Å². The molecule has 1 unspecified atom stereocenters. The topological polar surface area (TPSA) is 98.2 Å². The SMILES string of the molecule is CC1CCCN1Cc1cc(NC(=O)c2ccc(N3CCN(CC(=O)O)CC3)cc2)ncc1-c1ccc(OC(F)(F)F)cc1. The fraction of sp³-hybridized carbons (Fsp3) is 0.387. The number of aromatic nitrogens is 1. The van der Waals surface area contributed by atoms with Crippen molar-refractivity contribution in [2.75, 3.05) is 49.5 Å². The first-order valence-electron chi connectivity index (χ1n) is 14.2. The zero-order valence-electron chi connectivity index (χ0n) is 23.8. The Labute approximate surface area is 247 Å². The van der Waals surface area contributed by atoms with E-state index in [1.54, 1.807) is 30.5 Å². The zero-order valence-corrected chi connectivity index (χ0v) is 23.8. The van der Waals surface area contributed by atoms with Crippen LogP contribution in [-0.4, -0.2) is 83.4 Å². The van der Waals surface area contributed by atoms with Crippen molar-refractivity contribution in [3.63, 3.8) is 0 Å². The number of rotatable bonds is 9. The second-order valence-electron chi connectivity index (χ2n) is 10.9. The molecule has 0 radical (unpaired) electrons. The second kappa shape index (κ2) is 13.0. The van der Waals surface area contributed by atoms with Gasteiger partial charge in [-0.05, 0) is 79.9 Å². The molecule has 0 spiro atoms. The third kappa shape index (κ3) is 8.02. The van der Waals surface area contributed by atoms with Crippen LogP contribution in [0.3, 0.4) is 0 Å². The quantitative estimate of drug-likeness (QED) is 0.352. The van der Waals surface area contributed by atoms with Crippen LogP contribution < -0.4 is 15.0 Å². The van der Waals surface area contributed by atoms with Gasteiger partial charge in [-0.1, -0.05) is 12.1 Å². The van der Waals surface area contributed by atoms with Gasteiger partial charge in [0.15, 0.2) is 0 Å². The Morgan fingerprint density at radius 2 is 1.72 bits per heavy atom. The Bertz CT molecular complexity index is 1420. The van der Waals surface area contributed by atoms with Crippen molar-refractivity contribution in [2.24, 2.45) is 0 Å². The van der Waals surface area contributed by atoms with Crippen LogP contribution in [0, 0.1) is 0 Å². The predicted octanol–water partition coefficient (Wildman–Crippen LogP) is 5.09. The standard InChI is InChI=1S/C31H34F3N5O4/c1-21-3-2-12-39(21)19-24-17-28(35-18-27(24)22-6-10-26(11-7-22)43-31(32,33)34)36-30(42)23-4-8-25(9-5-23)38-15-13-37(14-16-38)20-29(40)41/h4-11,17-18,21H,2-3,12-16,19-20H2,1H3,(H,40,41)(H,35,36,42). The number of nitrogens with zero attached hydrogens (tertiary/aromatic N) is 4. The zero-order chi connectivity index (χ0) is 30.6. The molecule has 2 aromatic carbocycles. The van der Waals surface area contributed by atoms with Gasteiger partial charge in [0.25, 0.3) is 5.91 Å². The number of carbonyl (C=O) groups excluding carboxylic acids is 1. The molecule has 1 atom stereocenters. The molecule has 12 heteroatoms. The van der Waals surface area contributed by atoms with Crippen molar-refractivity contribution in [1.29, 1.82) is 0 Å². The molecule has 1 aromatic heterocycles. The number of piperazine rings is 1. The molecule has 0 bridgehead atoms. The van der Waals surface area contributed by atoms with Crippen LogP contribution in [-0.2, 0) is 11.3 Å². The number of likely N-dealkylation sites (tertiary alicyclic amines) is 1. The molecule has 2 fully saturated rings. The highest BCUT2D eigenvalue weighted by Gasteiger charge is 2.31. The third-order valence-electron chi connectivity index (χ3n) is 7.92. The van der Waals surface area contributed by atoms with Crippen LogP contribution in [0.5, 0.6) is 5.75 Å². The Morgan fingerprint density at radius 1 is 1.02 bits per heavy atom. The van der Waals surface area contributed by atoms with E-state index in [9.17, 15) is 22.8 Å². The molecule has 2 aliphatic rings. The van der Waals surface area contributed by atoms with Crippen LogP contribution in [0.25, 0.3) is 11.1 Å². The minimum atomic E-state index is -4.76. The summed E-state index contributed by atoms with van der Waals surface area (Å²) in [6.45, 7) is 6.45. The number of pyridine rings is 1. The van der Waals surface area contributed by atoms with Gasteiger partial charge in [0.1, 0.15) is 11.6 Å². The summed E-state index contributed by atoms with van der Waals surface area (Å²) in [5, 5.41) is 11.9. The summed E-state index contributed by atoms with van der Waals surface area (Å²) in [7, 11) is 0. The maximum Gasteiger partial charge on any atom is 0.573 e. The van der Waals surface area contributed by atoms with E-state index in [0.29, 0.717) is 55.7 Å². The van der Waals surface area contributed by atoms with Gasteiger partial charge in [0.2, 0.25) is 0 Å². The molecule has 2 saturated heterocycles. The first kappa shape index (κ1) is 30.3. The fourth-order valence-electron chi connectivity index (χ4n) is 5.61. The molecule has 2 N–H and O–H groups in total. The number of hydrogen-bond acceptors (Lipinski definition) is 7. The van der Waals surface area contributed by atoms with Gasteiger partial charge < -0.3 is 20.1 Å². The molecular formula is C31H34F3N5O4. The van der Waals surface area contributed by atoms with Crippen LogP contribution in [0.4, 0.5) is 24.7 Å². The summed E-state index contributed by atoms with van der Waals surface area (Å²) in [6.07, 6.45) is -0.957. The molecule has 228 valence electrons. The smallest absolute Gasteiger partial charge is 0.480 e. The Balaban J connectivity index is 1.29. The van der Waals surface area contributed by atoms with Crippen molar-refractivity contribution in [3.8, 4) is 16.9 Å². The normalized spacial score (nSPS) is 18.0. The lowest BCUT2D eigenvalue weighted by atomic mass is 10.0. The highest BCUT2D eigenvalue weighted by molar-refractivity contribution is 6.04. The lowest BCUT2D eigenvalue weighted by Gasteiger charge is -2.35. The van der Waals surface area contributed by atoms with Gasteiger partial charge in [0, 0.05) is 61.8 Å². The van der Waals surface area contributed by atoms with E-state index in [1.807, 2.05) is 23.1 Å². The number of hydrogen-bond donors (Lipinski definition) is 2. The van der Waals surface area contributed by atoms with Crippen molar-refractivity contribution in [2.45, 2.75) is 38.7 Å². The molecular weight excluding hydrogens is 563 g/mol. The highest BCUT2D eigenvalue weighted by Crippen LogP contribution is 2.31. The highest BCUT2D eigenvalue weighted by atomic mass is 19.4. The number of nitrogens with one attached hydrogen (secondary N) is 1. The number of anilines is 2. The molecule has 2 aliphatic heterocycles. The largest absolute Gasteiger partial charge is 0.573 e. The van der Waals surface area contributed by atoms with E-state index < -0.39 is 12.3 Å². The molecule has 0 aliphatic carbocycles. The van der Waals surface area contributed by atoms with E-state index in [0.717, 1.165) is 36.2 Å². The van der Waals surface area contributed by atoms with E-state index >= 15 is 0 Å². The van der Waals surface area contributed by atoms with Crippen molar-refractivity contribution in [1.82, 2.24) is 14.8 Å². The molecule has 43 heavy (non-hydrogen) atoms. The van der Waals surface area contributed by atoms with Gasteiger partial charge in [0.05, 0.1) is 6.54 Å². The van der Waals surface area contributed by atoms with Crippen molar-refractivity contribution < 1.29 is 32.6 Å². The summed E-state index contributed by atoms with van der Waals surface area (Å²) in [6, 6.07) is 15.2. The number of carboxylic acid groups (broad SMARTS) is 1. The maximum atomic E-state index is 13.1. The number of aliphatic carboxylic acids is 1. The van der Waals surface area contributed by atoms with Crippen LogP contribution in [0.2, 0.25) is 0 Å². The summed E-state index contributed by atoms with van der Waals surface area (Å²) >= 11 is 0. The van der Waals surface area contributed by atoms with Crippen molar-refractivity contribution >= 4 is 23.4 Å². The number of amides is 1. The van der Waals surface area contributed by atoms with E-state index in [4.69, 9.17) is 5.11 Å². The first-order valence-corrected chi connectivity index (χ1v) is 14.2. The van der Waals surface area contributed by atoms with Gasteiger partial charge in [-0.2, -0.15) is 0 Å². The minimum absolute atomic E-state index is 0.0317. The Kier molecular flexibility index (Phi) is 9.16. The second-order valence-corrected chi connectivity index (χ2v) is 10.9.